The van der Waals surface area contributed by atoms with Gasteiger partial charge in [-0.15, -0.1) is 0 Å². The number of benzene rings is 1. The Labute approximate surface area is 146 Å². The van der Waals surface area contributed by atoms with Crippen molar-refractivity contribution < 1.29 is 9.59 Å². The third-order valence-corrected chi connectivity index (χ3v) is 4.67. The average Bonchev–Trinajstić information content (AvgIpc) is 3.25. The Bertz CT molecular complexity index is 773. The zero-order chi connectivity index (χ0) is 17.2. The van der Waals surface area contributed by atoms with Crippen LogP contribution in [-0.4, -0.2) is 34.7 Å². The zero-order valence-corrected chi connectivity index (χ0v) is 14.0. The molecule has 2 aromatic rings. The summed E-state index contributed by atoms with van der Waals surface area (Å²) in [4.78, 5) is 25.9. The fourth-order valence-corrected chi connectivity index (χ4v) is 3.33. The smallest absolute Gasteiger partial charge is 0.251 e. The van der Waals surface area contributed by atoms with Crippen molar-refractivity contribution in [3.8, 4) is 0 Å². The number of aromatic nitrogens is 2. The van der Waals surface area contributed by atoms with E-state index in [0.29, 0.717) is 18.5 Å². The van der Waals surface area contributed by atoms with Gasteiger partial charge in [0.25, 0.3) is 5.91 Å². The highest BCUT2D eigenvalue weighted by Crippen LogP contribution is 2.21. The van der Waals surface area contributed by atoms with E-state index in [2.05, 4.69) is 15.7 Å². The number of hydrogen-bond acceptors (Lipinski definition) is 4. The van der Waals surface area contributed by atoms with Crippen molar-refractivity contribution in [3.63, 3.8) is 0 Å². The Morgan fingerprint density at radius 3 is 2.80 bits per heavy atom. The Morgan fingerprint density at radius 2 is 2.08 bits per heavy atom. The van der Waals surface area contributed by atoms with E-state index >= 15 is 0 Å². The fraction of sp³-hybridized carbons (Fsp3) is 0.389. The summed E-state index contributed by atoms with van der Waals surface area (Å²) in [6, 6.07) is 9.21. The Hall–Kier alpha value is -2.67. The molecule has 7 heteroatoms. The molecule has 2 amide bonds. The van der Waals surface area contributed by atoms with E-state index in [1.54, 1.807) is 17.0 Å². The van der Waals surface area contributed by atoms with Gasteiger partial charge in [-0.2, -0.15) is 5.10 Å². The molecule has 0 unspecified atom stereocenters. The first-order valence-corrected chi connectivity index (χ1v) is 8.66. The molecule has 0 saturated carbocycles. The highest BCUT2D eigenvalue weighted by molar-refractivity contribution is 5.97. The predicted molar refractivity (Wildman–Crippen MR) is 93.1 cm³/mol. The molecule has 0 spiro atoms. The Balaban J connectivity index is 1.37. The van der Waals surface area contributed by atoms with Crippen molar-refractivity contribution in [2.45, 2.75) is 32.5 Å². The summed E-state index contributed by atoms with van der Waals surface area (Å²) in [7, 11) is 0. The molecule has 1 aromatic carbocycles. The Morgan fingerprint density at radius 1 is 1.24 bits per heavy atom. The van der Waals surface area contributed by atoms with Crippen molar-refractivity contribution in [1.29, 1.82) is 0 Å². The summed E-state index contributed by atoms with van der Waals surface area (Å²) < 4.78 is 1.99. The van der Waals surface area contributed by atoms with Crippen molar-refractivity contribution >= 4 is 17.5 Å². The molecule has 0 atom stereocenters. The fourth-order valence-electron chi connectivity index (χ4n) is 3.33. The number of rotatable bonds is 4. The largest absolute Gasteiger partial charge is 0.346 e. The molecule has 3 heterocycles. The number of nitrogens with zero attached hydrogens (tertiary/aromatic N) is 3. The van der Waals surface area contributed by atoms with Crippen LogP contribution in [0, 0.1) is 0 Å². The first-order chi connectivity index (χ1) is 12.2. The van der Waals surface area contributed by atoms with Gasteiger partial charge in [-0.3, -0.25) is 14.3 Å². The summed E-state index contributed by atoms with van der Waals surface area (Å²) >= 11 is 0. The van der Waals surface area contributed by atoms with Crippen LogP contribution < -0.4 is 15.5 Å². The second-order valence-electron chi connectivity index (χ2n) is 6.41. The SMILES string of the molecule is O=C(NCc1cc2n(n1)CCNC2)c1ccc(N2CCCC2=O)cc1. The first-order valence-electron chi connectivity index (χ1n) is 8.66. The molecule has 25 heavy (non-hydrogen) atoms. The van der Waals surface area contributed by atoms with Crippen LogP contribution in [0.4, 0.5) is 5.69 Å². The minimum atomic E-state index is -0.136. The number of amides is 2. The maximum absolute atomic E-state index is 12.3. The maximum Gasteiger partial charge on any atom is 0.251 e. The second kappa shape index (κ2) is 6.68. The lowest BCUT2D eigenvalue weighted by atomic mass is 10.2. The number of carbonyl (C=O) groups excluding carboxylic acids is 2. The molecule has 1 aromatic heterocycles. The summed E-state index contributed by atoms with van der Waals surface area (Å²) in [6.07, 6.45) is 1.50. The lowest BCUT2D eigenvalue weighted by molar-refractivity contribution is -0.117. The molecule has 130 valence electrons. The van der Waals surface area contributed by atoms with Gasteiger partial charge in [0.05, 0.1) is 24.5 Å². The van der Waals surface area contributed by atoms with Crippen LogP contribution in [0.15, 0.2) is 30.3 Å². The van der Waals surface area contributed by atoms with Gasteiger partial charge < -0.3 is 15.5 Å². The van der Waals surface area contributed by atoms with Gasteiger partial charge in [0, 0.05) is 37.3 Å². The van der Waals surface area contributed by atoms with E-state index in [1.165, 1.54) is 0 Å². The normalized spacial score (nSPS) is 16.8. The number of anilines is 1. The molecule has 0 bridgehead atoms. The van der Waals surface area contributed by atoms with Crippen LogP contribution in [0.3, 0.4) is 0 Å². The van der Waals surface area contributed by atoms with Crippen molar-refractivity contribution in [2.24, 2.45) is 0 Å². The van der Waals surface area contributed by atoms with E-state index < -0.39 is 0 Å². The minimum Gasteiger partial charge on any atom is -0.346 e. The summed E-state index contributed by atoms with van der Waals surface area (Å²) in [5.41, 5.74) is 3.45. The number of fused-ring (bicyclic) bond motifs is 1. The lowest BCUT2D eigenvalue weighted by Gasteiger charge is -2.15. The topological polar surface area (TPSA) is 79.3 Å². The van der Waals surface area contributed by atoms with Gasteiger partial charge in [-0.05, 0) is 36.8 Å². The van der Waals surface area contributed by atoms with E-state index in [-0.39, 0.29) is 11.8 Å². The van der Waals surface area contributed by atoms with Gasteiger partial charge in [0.1, 0.15) is 0 Å². The van der Waals surface area contributed by atoms with Crippen molar-refractivity contribution in [3.05, 3.63) is 47.3 Å². The standard InChI is InChI=1S/C18H21N5O2/c24-17-2-1-8-22(17)15-5-3-13(4-6-15)18(25)20-11-14-10-16-12-19-7-9-23(16)21-14/h3-6,10,19H,1-2,7-9,11-12H2,(H,20,25). The van der Waals surface area contributed by atoms with E-state index in [4.69, 9.17) is 0 Å². The molecule has 2 N–H and O–H groups in total. The van der Waals surface area contributed by atoms with E-state index in [9.17, 15) is 9.59 Å². The monoisotopic (exact) mass is 339 g/mol. The highest BCUT2D eigenvalue weighted by Gasteiger charge is 2.21. The summed E-state index contributed by atoms with van der Waals surface area (Å²) in [5.74, 6) is 0.0128. The van der Waals surface area contributed by atoms with Gasteiger partial charge in [-0.1, -0.05) is 0 Å². The molecule has 1 saturated heterocycles. The quantitative estimate of drug-likeness (QED) is 0.872. The average molecular weight is 339 g/mol. The van der Waals surface area contributed by atoms with Crippen LogP contribution in [0.1, 0.15) is 34.6 Å². The van der Waals surface area contributed by atoms with Gasteiger partial charge in [0.15, 0.2) is 0 Å². The molecular weight excluding hydrogens is 318 g/mol. The van der Waals surface area contributed by atoms with Gasteiger partial charge in [0.2, 0.25) is 5.91 Å². The molecule has 1 fully saturated rings. The van der Waals surface area contributed by atoms with Crippen LogP contribution >= 0.6 is 0 Å². The van der Waals surface area contributed by atoms with Crippen LogP contribution in [-0.2, 0) is 24.4 Å². The molecule has 0 aliphatic carbocycles. The lowest BCUT2D eigenvalue weighted by Crippen LogP contribution is -2.28. The molecule has 2 aliphatic rings. The number of nitrogens with one attached hydrogen (secondary N) is 2. The molecule has 7 nitrogen and oxygen atoms in total. The third kappa shape index (κ3) is 3.28. The summed E-state index contributed by atoms with van der Waals surface area (Å²) in [6.45, 7) is 3.76. The highest BCUT2D eigenvalue weighted by atomic mass is 16.2. The molecular formula is C18H21N5O2. The zero-order valence-electron chi connectivity index (χ0n) is 14.0. The third-order valence-electron chi connectivity index (χ3n) is 4.67. The van der Waals surface area contributed by atoms with E-state index in [1.807, 2.05) is 22.9 Å². The summed E-state index contributed by atoms with van der Waals surface area (Å²) in [5, 5.41) is 10.7. The van der Waals surface area contributed by atoms with Crippen molar-refractivity contribution in [2.75, 3.05) is 18.0 Å². The first kappa shape index (κ1) is 15.8. The van der Waals surface area contributed by atoms with E-state index in [0.717, 1.165) is 49.7 Å². The molecule has 2 aliphatic heterocycles. The van der Waals surface area contributed by atoms with Crippen molar-refractivity contribution in [1.82, 2.24) is 20.4 Å². The molecule has 0 radical (unpaired) electrons. The van der Waals surface area contributed by atoms with Crippen LogP contribution in [0.5, 0.6) is 0 Å². The molecule has 4 rings (SSSR count). The van der Waals surface area contributed by atoms with Crippen LogP contribution in [0.2, 0.25) is 0 Å². The Kier molecular flexibility index (Phi) is 4.23. The van der Waals surface area contributed by atoms with Gasteiger partial charge >= 0.3 is 0 Å². The number of hydrogen-bond donors (Lipinski definition) is 2. The predicted octanol–water partition coefficient (Wildman–Crippen LogP) is 1.04. The van der Waals surface area contributed by atoms with Crippen LogP contribution in [0.25, 0.3) is 0 Å². The number of carbonyl (C=O) groups is 2. The minimum absolute atomic E-state index is 0.136. The second-order valence-corrected chi connectivity index (χ2v) is 6.41. The maximum atomic E-state index is 12.3. The van der Waals surface area contributed by atoms with Gasteiger partial charge in [-0.25, -0.2) is 0 Å².